The Balaban J connectivity index is 2.25. The van der Waals surface area contributed by atoms with E-state index >= 15 is 0 Å². The Morgan fingerprint density at radius 2 is 2.00 bits per heavy atom. The molecule has 140 valence electrons. The first-order chi connectivity index (χ1) is 12.8. The van der Waals surface area contributed by atoms with Gasteiger partial charge in [0, 0.05) is 24.2 Å². The summed E-state index contributed by atoms with van der Waals surface area (Å²) in [5, 5.41) is 9.75. The molecule has 0 aliphatic heterocycles. The zero-order valence-corrected chi connectivity index (χ0v) is 16.0. The summed E-state index contributed by atoms with van der Waals surface area (Å²) >= 11 is 0. The molecular weight excluding hydrogens is 338 g/mol. The zero-order valence-electron chi connectivity index (χ0n) is 16.0. The number of carbonyl (C=O) groups excluding carboxylic acids is 1. The maximum absolute atomic E-state index is 13.0. The van der Waals surface area contributed by atoms with E-state index in [2.05, 4.69) is 18.4 Å². The summed E-state index contributed by atoms with van der Waals surface area (Å²) in [6.07, 6.45) is 1.70. The summed E-state index contributed by atoms with van der Waals surface area (Å²) in [6, 6.07) is 14.7. The van der Waals surface area contributed by atoms with Gasteiger partial charge in [0.1, 0.15) is 11.4 Å². The van der Waals surface area contributed by atoms with Gasteiger partial charge in [0.2, 0.25) is 0 Å². The van der Waals surface area contributed by atoms with Crippen LogP contribution < -0.4 is 4.74 Å². The van der Waals surface area contributed by atoms with Gasteiger partial charge in [-0.25, -0.2) is 0 Å². The number of hydrogen-bond donors (Lipinski definition) is 1. The van der Waals surface area contributed by atoms with E-state index in [0.717, 1.165) is 11.3 Å². The third kappa shape index (κ3) is 6.32. The topological polar surface area (TPSA) is 49.8 Å². The molecule has 0 fully saturated rings. The molecule has 2 aromatic carbocycles. The van der Waals surface area contributed by atoms with Crippen molar-refractivity contribution in [2.75, 3.05) is 13.7 Å². The van der Waals surface area contributed by atoms with Gasteiger partial charge < -0.3 is 14.7 Å². The van der Waals surface area contributed by atoms with Gasteiger partial charge in [-0.2, -0.15) is 0 Å². The average molecular weight is 363 g/mol. The minimum Gasteiger partial charge on any atom is -0.497 e. The Bertz CT molecular complexity index is 869. The SMILES string of the molecule is C=CCN(Cc1cccc(OC)c1)C(=O)c1cccc(C#CC(C)(C)O)c1. The van der Waals surface area contributed by atoms with Crippen LogP contribution in [0.1, 0.15) is 35.3 Å². The molecular formula is C23H25NO3. The van der Waals surface area contributed by atoms with E-state index in [1.807, 2.05) is 30.3 Å². The van der Waals surface area contributed by atoms with E-state index in [-0.39, 0.29) is 5.91 Å². The predicted molar refractivity (Wildman–Crippen MR) is 108 cm³/mol. The molecule has 4 nitrogen and oxygen atoms in total. The second-order valence-electron chi connectivity index (χ2n) is 6.72. The molecule has 0 radical (unpaired) electrons. The second-order valence-corrected chi connectivity index (χ2v) is 6.72. The lowest BCUT2D eigenvalue weighted by atomic mass is 10.1. The monoisotopic (exact) mass is 363 g/mol. The second kappa shape index (κ2) is 9.07. The Morgan fingerprint density at radius 3 is 2.67 bits per heavy atom. The van der Waals surface area contributed by atoms with Crippen LogP contribution in [0.3, 0.4) is 0 Å². The van der Waals surface area contributed by atoms with Crippen LogP contribution in [0.2, 0.25) is 0 Å². The molecule has 0 atom stereocenters. The number of nitrogens with zero attached hydrogens (tertiary/aromatic N) is 1. The number of methoxy groups -OCH3 is 1. The van der Waals surface area contributed by atoms with Gasteiger partial charge in [-0.05, 0) is 49.7 Å². The van der Waals surface area contributed by atoms with Gasteiger partial charge in [-0.1, -0.05) is 36.1 Å². The van der Waals surface area contributed by atoms with Crippen LogP contribution in [0.15, 0.2) is 61.2 Å². The van der Waals surface area contributed by atoms with Crippen LogP contribution in [0.4, 0.5) is 0 Å². The van der Waals surface area contributed by atoms with Gasteiger partial charge in [0.05, 0.1) is 7.11 Å². The summed E-state index contributed by atoms with van der Waals surface area (Å²) in [5.41, 5.74) is 1.12. The number of hydrogen-bond acceptors (Lipinski definition) is 3. The summed E-state index contributed by atoms with van der Waals surface area (Å²) in [6.45, 7) is 7.87. The molecule has 0 saturated carbocycles. The number of amides is 1. The summed E-state index contributed by atoms with van der Waals surface area (Å²) in [4.78, 5) is 14.7. The van der Waals surface area contributed by atoms with Crippen LogP contribution in [-0.4, -0.2) is 35.2 Å². The van der Waals surface area contributed by atoms with Crippen LogP contribution in [0.25, 0.3) is 0 Å². The maximum atomic E-state index is 13.0. The quantitative estimate of drug-likeness (QED) is 0.630. The van der Waals surface area contributed by atoms with E-state index < -0.39 is 5.60 Å². The van der Waals surface area contributed by atoms with Crippen LogP contribution in [-0.2, 0) is 6.54 Å². The molecule has 0 spiro atoms. The van der Waals surface area contributed by atoms with E-state index in [4.69, 9.17) is 4.74 Å². The van der Waals surface area contributed by atoms with Gasteiger partial charge in [-0.15, -0.1) is 6.58 Å². The highest BCUT2D eigenvalue weighted by molar-refractivity contribution is 5.94. The maximum Gasteiger partial charge on any atom is 0.254 e. The molecule has 0 heterocycles. The lowest BCUT2D eigenvalue weighted by Gasteiger charge is -2.22. The van der Waals surface area contributed by atoms with Crippen molar-refractivity contribution in [1.82, 2.24) is 4.90 Å². The van der Waals surface area contributed by atoms with Crippen molar-refractivity contribution >= 4 is 5.91 Å². The van der Waals surface area contributed by atoms with Crippen molar-refractivity contribution in [3.63, 3.8) is 0 Å². The molecule has 2 rings (SSSR count). The first-order valence-electron chi connectivity index (χ1n) is 8.71. The molecule has 0 aromatic heterocycles. The fraction of sp³-hybridized carbons (Fsp3) is 0.261. The Morgan fingerprint density at radius 1 is 1.26 bits per heavy atom. The Labute approximate surface area is 161 Å². The van der Waals surface area contributed by atoms with Crippen molar-refractivity contribution < 1.29 is 14.6 Å². The van der Waals surface area contributed by atoms with E-state index in [1.54, 1.807) is 50.1 Å². The van der Waals surface area contributed by atoms with Crippen LogP contribution in [0.5, 0.6) is 5.75 Å². The molecule has 0 aliphatic rings. The van der Waals surface area contributed by atoms with Crippen LogP contribution in [0, 0.1) is 11.8 Å². The van der Waals surface area contributed by atoms with Crippen molar-refractivity contribution in [1.29, 1.82) is 0 Å². The highest BCUT2D eigenvalue weighted by Gasteiger charge is 2.16. The minimum atomic E-state index is -1.08. The summed E-state index contributed by atoms with van der Waals surface area (Å²) in [7, 11) is 1.62. The lowest BCUT2D eigenvalue weighted by molar-refractivity contribution is 0.0762. The predicted octanol–water partition coefficient (Wildman–Crippen LogP) is 3.65. The van der Waals surface area contributed by atoms with E-state index in [9.17, 15) is 9.90 Å². The highest BCUT2D eigenvalue weighted by atomic mass is 16.5. The third-order valence-electron chi connectivity index (χ3n) is 3.77. The number of carbonyl (C=O) groups is 1. The highest BCUT2D eigenvalue weighted by Crippen LogP contribution is 2.16. The van der Waals surface area contributed by atoms with Gasteiger partial charge in [-0.3, -0.25) is 4.79 Å². The molecule has 2 aromatic rings. The number of aliphatic hydroxyl groups is 1. The Hall–Kier alpha value is -3.03. The number of rotatable bonds is 6. The minimum absolute atomic E-state index is 0.107. The Kier molecular flexibility index (Phi) is 6.81. The summed E-state index contributed by atoms with van der Waals surface area (Å²) < 4.78 is 5.25. The fourth-order valence-corrected chi connectivity index (χ4v) is 2.50. The molecule has 0 bridgehead atoms. The van der Waals surface area contributed by atoms with Crippen molar-refractivity contribution in [3.05, 3.63) is 77.9 Å². The van der Waals surface area contributed by atoms with Gasteiger partial charge >= 0.3 is 0 Å². The summed E-state index contributed by atoms with van der Waals surface area (Å²) in [5.74, 6) is 6.32. The normalized spacial score (nSPS) is 10.5. The fourth-order valence-electron chi connectivity index (χ4n) is 2.50. The van der Waals surface area contributed by atoms with E-state index in [1.165, 1.54) is 0 Å². The first-order valence-corrected chi connectivity index (χ1v) is 8.71. The standard InChI is InChI=1S/C23H25NO3/c1-5-14-24(17-19-9-7-11-21(16-19)27-4)22(25)20-10-6-8-18(15-20)12-13-23(2,3)26/h5-11,15-16,26H,1,14,17H2,2-4H3. The molecule has 1 amide bonds. The van der Waals surface area contributed by atoms with Gasteiger partial charge in [0.15, 0.2) is 0 Å². The first kappa shape index (κ1) is 20.3. The molecule has 1 N–H and O–H groups in total. The molecule has 0 saturated heterocycles. The lowest BCUT2D eigenvalue weighted by Crippen LogP contribution is -2.30. The van der Waals surface area contributed by atoms with Crippen molar-refractivity contribution in [2.45, 2.75) is 26.0 Å². The largest absolute Gasteiger partial charge is 0.497 e. The zero-order chi connectivity index (χ0) is 19.9. The number of ether oxygens (including phenoxy) is 1. The van der Waals surface area contributed by atoms with E-state index in [0.29, 0.717) is 24.2 Å². The molecule has 4 heteroatoms. The third-order valence-corrected chi connectivity index (χ3v) is 3.77. The van der Waals surface area contributed by atoms with Crippen molar-refractivity contribution in [3.8, 4) is 17.6 Å². The molecule has 27 heavy (non-hydrogen) atoms. The van der Waals surface area contributed by atoms with Gasteiger partial charge in [0.25, 0.3) is 5.91 Å². The molecule has 0 unspecified atom stereocenters. The van der Waals surface area contributed by atoms with Crippen molar-refractivity contribution in [2.24, 2.45) is 0 Å². The average Bonchev–Trinajstić information content (AvgIpc) is 2.65. The molecule has 0 aliphatic carbocycles. The van der Waals surface area contributed by atoms with Crippen LogP contribution >= 0.6 is 0 Å². The smallest absolute Gasteiger partial charge is 0.254 e. The number of benzene rings is 2.